The Kier molecular flexibility index (Phi) is 5.69. The zero-order valence-electron chi connectivity index (χ0n) is 17.4. The minimum atomic E-state index is -3.77. The van der Waals surface area contributed by atoms with E-state index in [0.29, 0.717) is 28.7 Å². The van der Waals surface area contributed by atoms with E-state index in [9.17, 15) is 13.2 Å². The van der Waals surface area contributed by atoms with Gasteiger partial charge in [-0.1, -0.05) is 12.1 Å². The van der Waals surface area contributed by atoms with E-state index in [1.807, 2.05) is 0 Å². The average molecular weight is 449 g/mol. The molecule has 9 nitrogen and oxygen atoms in total. The van der Waals surface area contributed by atoms with Crippen molar-refractivity contribution >= 4 is 33.0 Å². The van der Waals surface area contributed by atoms with E-state index in [1.54, 1.807) is 60.5 Å². The van der Waals surface area contributed by atoms with Crippen molar-refractivity contribution in [3.8, 4) is 5.82 Å². The topological polar surface area (TPSA) is 119 Å². The van der Waals surface area contributed by atoms with Crippen LogP contribution in [0.4, 0.5) is 17.2 Å². The highest BCUT2D eigenvalue weighted by Gasteiger charge is 2.14. The molecule has 0 amide bonds. The van der Waals surface area contributed by atoms with Gasteiger partial charge in [0.1, 0.15) is 23.8 Å². The zero-order chi connectivity index (χ0) is 22.7. The number of rotatable bonds is 7. The molecule has 0 bridgehead atoms. The minimum Gasteiger partial charge on any atom is -0.340 e. The summed E-state index contributed by atoms with van der Waals surface area (Å²) >= 11 is 0. The van der Waals surface area contributed by atoms with Crippen LogP contribution in [0.2, 0.25) is 0 Å². The molecule has 0 aliphatic carbocycles. The Morgan fingerprint density at radius 2 is 1.66 bits per heavy atom. The van der Waals surface area contributed by atoms with Crippen LogP contribution in [0, 0.1) is 6.92 Å². The van der Waals surface area contributed by atoms with Crippen LogP contribution in [-0.4, -0.2) is 33.7 Å². The van der Waals surface area contributed by atoms with E-state index < -0.39 is 10.0 Å². The number of carbonyl (C=O) groups is 1. The highest BCUT2D eigenvalue weighted by Crippen LogP contribution is 2.22. The number of Topliss-reactive ketones (excluding diaryl/α,β-unsaturated/α-hetero) is 1. The SMILES string of the molecule is CC(=O)c1ccc(S(=O)(=O)Nc2ccc(Nc3cc(-n4ccnc4)nc(C)n3)cc2)cc1. The fourth-order valence-corrected chi connectivity index (χ4v) is 4.05. The lowest BCUT2D eigenvalue weighted by Crippen LogP contribution is -2.13. The van der Waals surface area contributed by atoms with Crippen LogP contribution >= 0.6 is 0 Å². The Bertz CT molecular complexity index is 1350. The van der Waals surface area contributed by atoms with Gasteiger partial charge in [-0.05, 0) is 50.2 Å². The number of aromatic nitrogens is 4. The lowest BCUT2D eigenvalue weighted by atomic mass is 10.2. The molecule has 10 heteroatoms. The molecule has 0 radical (unpaired) electrons. The summed E-state index contributed by atoms with van der Waals surface area (Å²) in [6.45, 7) is 3.23. The van der Waals surface area contributed by atoms with E-state index in [2.05, 4.69) is 25.0 Å². The van der Waals surface area contributed by atoms with Gasteiger partial charge in [-0.2, -0.15) is 0 Å². The number of anilines is 3. The van der Waals surface area contributed by atoms with Crippen LogP contribution < -0.4 is 10.0 Å². The molecule has 0 saturated carbocycles. The third-order valence-corrected chi connectivity index (χ3v) is 5.97. The van der Waals surface area contributed by atoms with E-state index in [-0.39, 0.29) is 10.7 Å². The molecular weight excluding hydrogens is 428 g/mol. The second kappa shape index (κ2) is 8.60. The molecule has 4 rings (SSSR count). The third kappa shape index (κ3) is 4.81. The lowest BCUT2D eigenvalue weighted by Gasteiger charge is -2.11. The van der Waals surface area contributed by atoms with Gasteiger partial charge in [-0.3, -0.25) is 14.1 Å². The highest BCUT2D eigenvalue weighted by atomic mass is 32.2. The molecule has 0 unspecified atom stereocenters. The smallest absolute Gasteiger partial charge is 0.261 e. The predicted molar refractivity (Wildman–Crippen MR) is 121 cm³/mol. The first-order valence-corrected chi connectivity index (χ1v) is 11.1. The molecule has 2 N–H and O–H groups in total. The molecule has 0 fully saturated rings. The van der Waals surface area contributed by atoms with Gasteiger partial charge in [0.15, 0.2) is 5.78 Å². The van der Waals surface area contributed by atoms with Crippen LogP contribution in [0.15, 0.2) is 78.2 Å². The van der Waals surface area contributed by atoms with Crippen LogP contribution in [0.3, 0.4) is 0 Å². The summed E-state index contributed by atoms with van der Waals surface area (Å²) in [5.74, 6) is 1.75. The highest BCUT2D eigenvalue weighted by molar-refractivity contribution is 7.92. The van der Waals surface area contributed by atoms with Gasteiger partial charge < -0.3 is 5.32 Å². The Morgan fingerprint density at radius 3 is 2.28 bits per heavy atom. The molecule has 4 aromatic rings. The summed E-state index contributed by atoms with van der Waals surface area (Å²) in [6, 6.07) is 14.4. The summed E-state index contributed by atoms with van der Waals surface area (Å²) in [4.78, 5) is 24.3. The number of sulfonamides is 1. The number of hydrogen-bond acceptors (Lipinski definition) is 7. The molecule has 0 aliphatic rings. The van der Waals surface area contributed by atoms with Crippen molar-refractivity contribution in [1.29, 1.82) is 0 Å². The summed E-state index contributed by atoms with van der Waals surface area (Å²) in [5.41, 5.74) is 1.59. The summed E-state index contributed by atoms with van der Waals surface area (Å²) < 4.78 is 29.5. The molecule has 2 heterocycles. The van der Waals surface area contributed by atoms with Crippen molar-refractivity contribution in [2.24, 2.45) is 0 Å². The third-order valence-electron chi connectivity index (χ3n) is 4.57. The van der Waals surface area contributed by atoms with Crippen molar-refractivity contribution in [1.82, 2.24) is 19.5 Å². The second-order valence-electron chi connectivity index (χ2n) is 7.02. The zero-order valence-corrected chi connectivity index (χ0v) is 18.2. The van der Waals surface area contributed by atoms with Gasteiger partial charge in [0.2, 0.25) is 0 Å². The maximum absolute atomic E-state index is 12.6. The second-order valence-corrected chi connectivity index (χ2v) is 8.70. The quantitative estimate of drug-likeness (QED) is 0.414. The van der Waals surface area contributed by atoms with Crippen molar-refractivity contribution in [2.75, 3.05) is 10.0 Å². The lowest BCUT2D eigenvalue weighted by molar-refractivity contribution is 0.101. The number of imidazole rings is 1. The maximum atomic E-state index is 12.6. The Labute approximate surface area is 185 Å². The van der Waals surface area contributed by atoms with Gasteiger partial charge in [0, 0.05) is 35.4 Å². The molecule has 162 valence electrons. The molecule has 2 aromatic heterocycles. The first-order valence-electron chi connectivity index (χ1n) is 9.65. The Hall–Kier alpha value is -4.05. The van der Waals surface area contributed by atoms with Crippen LogP contribution in [0.1, 0.15) is 23.1 Å². The number of benzene rings is 2. The van der Waals surface area contributed by atoms with E-state index in [1.165, 1.54) is 31.2 Å². The molecule has 32 heavy (non-hydrogen) atoms. The maximum Gasteiger partial charge on any atom is 0.261 e. The fourth-order valence-electron chi connectivity index (χ4n) is 3.00. The summed E-state index contributed by atoms with van der Waals surface area (Å²) in [6.07, 6.45) is 5.11. The monoisotopic (exact) mass is 448 g/mol. The Morgan fingerprint density at radius 1 is 0.969 bits per heavy atom. The summed E-state index contributed by atoms with van der Waals surface area (Å²) in [5, 5.41) is 3.19. The minimum absolute atomic E-state index is 0.0770. The van der Waals surface area contributed by atoms with Gasteiger partial charge >= 0.3 is 0 Å². The average Bonchev–Trinajstić information content (AvgIpc) is 3.30. The molecule has 0 saturated heterocycles. The van der Waals surface area contributed by atoms with Crippen LogP contribution in [0.5, 0.6) is 0 Å². The van der Waals surface area contributed by atoms with Gasteiger partial charge in [0.25, 0.3) is 10.0 Å². The first kappa shape index (κ1) is 21.2. The van der Waals surface area contributed by atoms with Gasteiger partial charge in [-0.15, -0.1) is 0 Å². The fraction of sp³-hybridized carbons (Fsp3) is 0.0909. The first-order chi connectivity index (χ1) is 15.3. The van der Waals surface area contributed by atoms with E-state index in [0.717, 1.165) is 5.69 Å². The molecular formula is C22H20N6O3S. The number of hydrogen-bond donors (Lipinski definition) is 2. The van der Waals surface area contributed by atoms with Crippen molar-refractivity contribution in [2.45, 2.75) is 18.7 Å². The van der Waals surface area contributed by atoms with E-state index >= 15 is 0 Å². The van der Waals surface area contributed by atoms with Gasteiger partial charge in [-0.25, -0.2) is 23.4 Å². The van der Waals surface area contributed by atoms with Crippen molar-refractivity contribution in [3.05, 3.63) is 84.7 Å². The Balaban J connectivity index is 1.48. The molecule has 0 atom stereocenters. The predicted octanol–water partition coefficient (Wildman–Crippen LogP) is 3.72. The largest absolute Gasteiger partial charge is 0.340 e. The van der Waals surface area contributed by atoms with Crippen LogP contribution in [-0.2, 0) is 10.0 Å². The van der Waals surface area contributed by atoms with E-state index in [4.69, 9.17) is 0 Å². The number of aryl methyl sites for hydroxylation is 1. The number of carbonyl (C=O) groups excluding carboxylic acids is 1. The van der Waals surface area contributed by atoms with Crippen molar-refractivity contribution < 1.29 is 13.2 Å². The molecule has 2 aromatic carbocycles. The number of nitrogens with zero attached hydrogens (tertiary/aromatic N) is 4. The standard InChI is InChI=1S/C22H20N6O3S/c1-15(29)17-3-9-20(10-4-17)32(30,31)27-19-7-5-18(6-8-19)26-21-13-22(25-16(2)24-21)28-12-11-23-14-28/h3-14,27H,1-2H3,(H,24,25,26). The number of nitrogens with one attached hydrogen (secondary N) is 2. The summed E-state index contributed by atoms with van der Waals surface area (Å²) in [7, 11) is -3.77. The van der Waals surface area contributed by atoms with Crippen LogP contribution in [0.25, 0.3) is 5.82 Å². The molecule has 0 aliphatic heterocycles. The normalized spacial score (nSPS) is 11.2. The van der Waals surface area contributed by atoms with Crippen molar-refractivity contribution in [3.63, 3.8) is 0 Å². The number of ketones is 1. The molecule has 0 spiro atoms. The van der Waals surface area contributed by atoms with Gasteiger partial charge in [0.05, 0.1) is 4.90 Å².